The van der Waals surface area contributed by atoms with Gasteiger partial charge >= 0.3 is 11.6 Å². The highest BCUT2D eigenvalue weighted by atomic mass is 16.5. The SMILES string of the molecule is CCOC(=O)c1cc(=O)oc2ccc(OC)cc12. The van der Waals surface area contributed by atoms with Crippen LogP contribution in [0.3, 0.4) is 0 Å². The van der Waals surface area contributed by atoms with Crippen molar-refractivity contribution in [3.63, 3.8) is 0 Å². The van der Waals surface area contributed by atoms with Crippen molar-refractivity contribution in [3.05, 3.63) is 40.2 Å². The molecular formula is C13H12O5. The van der Waals surface area contributed by atoms with E-state index in [2.05, 4.69) is 0 Å². The van der Waals surface area contributed by atoms with Crippen LogP contribution in [0.1, 0.15) is 17.3 Å². The maximum absolute atomic E-state index is 11.8. The van der Waals surface area contributed by atoms with Crippen LogP contribution in [0.5, 0.6) is 5.75 Å². The molecule has 0 unspecified atom stereocenters. The first kappa shape index (κ1) is 12.2. The van der Waals surface area contributed by atoms with E-state index in [-0.39, 0.29) is 12.2 Å². The van der Waals surface area contributed by atoms with Gasteiger partial charge in [0, 0.05) is 11.5 Å². The Labute approximate surface area is 103 Å². The summed E-state index contributed by atoms with van der Waals surface area (Å²) in [5, 5.41) is 0.493. The van der Waals surface area contributed by atoms with E-state index in [1.807, 2.05) is 0 Å². The minimum Gasteiger partial charge on any atom is -0.497 e. The molecule has 1 heterocycles. The molecule has 2 rings (SSSR count). The summed E-state index contributed by atoms with van der Waals surface area (Å²) < 4.78 is 15.0. The Morgan fingerprint density at radius 2 is 2.11 bits per heavy atom. The Morgan fingerprint density at radius 1 is 1.33 bits per heavy atom. The van der Waals surface area contributed by atoms with Crippen LogP contribution in [0, 0.1) is 0 Å². The maximum Gasteiger partial charge on any atom is 0.339 e. The van der Waals surface area contributed by atoms with E-state index in [1.165, 1.54) is 7.11 Å². The summed E-state index contributed by atoms with van der Waals surface area (Å²) in [5.74, 6) is 0.0190. The Morgan fingerprint density at radius 3 is 2.78 bits per heavy atom. The van der Waals surface area contributed by atoms with Gasteiger partial charge in [-0.15, -0.1) is 0 Å². The molecule has 0 atom stereocenters. The van der Waals surface area contributed by atoms with Gasteiger partial charge in [-0.3, -0.25) is 0 Å². The molecule has 1 aromatic heterocycles. The molecule has 1 aromatic carbocycles. The number of hydrogen-bond donors (Lipinski definition) is 0. The van der Waals surface area contributed by atoms with Gasteiger partial charge in [0.2, 0.25) is 0 Å². The molecule has 18 heavy (non-hydrogen) atoms. The highest BCUT2D eigenvalue weighted by Gasteiger charge is 2.14. The van der Waals surface area contributed by atoms with Crippen molar-refractivity contribution in [2.24, 2.45) is 0 Å². The van der Waals surface area contributed by atoms with E-state index in [0.717, 1.165) is 6.07 Å². The van der Waals surface area contributed by atoms with Crippen molar-refractivity contribution in [2.45, 2.75) is 6.92 Å². The van der Waals surface area contributed by atoms with Crippen LogP contribution in [-0.2, 0) is 4.74 Å². The number of carbonyl (C=O) groups is 1. The molecule has 0 saturated heterocycles. The van der Waals surface area contributed by atoms with Crippen LogP contribution in [0.25, 0.3) is 11.0 Å². The van der Waals surface area contributed by atoms with Gasteiger partial charge in [-0.1, -0.05) is 0 Å². The van der Waals surface area contributed by atoms with Crippen LogP contribution in [-0.4, -0.2) is 19.7 Å². The van der Waals surface area contributed by atoms with E-state index in [1.54, 1.807) is 25.1 Å². The lowest BCUT2D eigenvalue weighted by atomic mass is 10.1. The first-order chi connectivity index (χ1) is 8.65. The van der Waals surface area contributed by atoms with Crippen molar-refractivity contribution in [2.75, 3.05) is 13.7 Å². The molecule has 94 valence electrons. The molecular weight excluding hydrogens is 236 g/mol. The Balaban J connectivity index is 2.69. The van der Waals surface area contributed by atoms with Crippen LogP contribution in [0.4, 0.5) is 0 Å². The average Bonchev–Trinajstić information content (AvgIpc) is 2.37. The monoisotopic (exact) mass is 248 g/mol. The zero-order valence-electron chi connectivity index (χ0n) is 10.1. The highest BCUT2D eigenvalue weighted by molar-refractivity contribution is 6.03. The predicted molar refractivity (Wildman–Crippen MR) is 65.0 cm³/mol. The molecule has 0 aliphatic carbocycles. The number of hydrogen-bond acceptors (Lipinski definition) is 5. The van der Waals surface area contributed by atoms with Crippen LogP contribution < -0.4 is 10.4 Å². The van der Waals surface area contributed by atoms with E-state index in [4.69, 9.17) is 13.9 Å². The summed E-state index contributed by atoms with van der Waals surface area (Å²) in [5.41, 5.74) is -0.0796. The summed E-state index contributed by atoms with van der Waals surface area (Å²) in [6.45, 7) is 1.94. The molecule has 0 saturated carbocycles. The van der Waals surface area contributed by atoms with Gasteiger partial charge in [0.25, 0.3) is 0 Å². The van der Waals surface area contributed by atoms with Crippen molar-refractivity contribution >= 4 is 16.9 Å². The van der Waals surface area contributed by atoms with Crippen molar-refractivity contribution in [3.8, 4) is 5.75 Å². The zero-order chi connectivity index (χ0) is 13.1. The first-order valence-electron chi connectivity index (χ1n) is 5.44. The minimum atomic E-state index is -0.587. The minimum absolute atomic E-state index is 0.182. The summed E-state index contributed by atoms with van der Waals surface area (Å²) in [4.78, 5) is 23.1. The fourth-order valence-electron chi connectivity index (χ4n) is 1.65. The van der Waals surface area contributed by atoms with Crippen LogP contribution >= 0.6 is 0 Å². The number of methoxy groups -OCH3 is 1. The third-order valence-electron chi connectivity index (χ3n) is 2.44. The predicted octanol–water partition coefficient (Wildman–Crippen LogP) is 1.98. The number of benzene rings is 1. The molecule has 0 amide bonds. The zero-order valence-corrected chi connectivity index (χ0v) is 10.1. The van der Waals surface area contributed by atoms with Crippen molar-refractivity contribution in [1.29, 1.82) is 0 Å². The number of fused-ring (bicyclic) bond motifs is 1. The topological polar surface area (TPSA) is 65.7 Å². The second-order valence-electron chi connectivity index (χ2n) is 3.56. The van der Waals surface area contributed by atoms with Crippen LogP contribution in [0.15, 0.2) is 33.5 Å². The fraction of sp³-hybridized carbons (Fsp3) is 0.231. The maximum atomic E-state index is 11.8. The van der Waals surface area contributed by atoms with Gasteiger partial charge < -0.3 is 13.9 Å². The van der Waals surface area contributed by atoms with Gasteiger partial charge in [-0.25, -0.2) is 9.59 Å². The normalized spacial score (nSPS) is 10.3. The lowest BCUT2D eigenvalue weighted by Gasteiger charge is -2.06. The van der Waals surface area contributed by atoms with Gasteiger partial charge in [-0.05, 0) is 25.1 Å². The number of ether oxygens (including phenoxy) is 2. The Bertz CT molecular complexity index is 641. The quantitative estimate of drug-likeness (QED) is 0.613. The largest absolute Gasteiger partial charge is 0.497 e. The smallest absolute Gasteiger partial charge is 0.339 e. The molecule has 0 aliphatic rings. The third kappa shape index (κ3) is 2.20. The molecule has 5 nitrogen and oxygen atoms in total. The number of esters is 1. The fourth-order valence-corrected chi connectivity index (χ4v) is 1.65. The van der Waals surface area contributed by atoms with Crippen LogP contribution in [0.2, 0.25) is 0 Å². The van der Waals surface area contributed by atoms with E-state index in [0.29, 0.717) is 16.7 Å². The first-order valence-corrected chi connectivity index (χ1v) is 5.44. The molecule has 0 aliphatic heterocycles. The molecule has 2 aromatic rings. The second-order valence-corrected chi connectivity index (χ2v) is 3.56. The summed E-state index contributed by atoms with van der Waals surface area (Å²) >= 11 is 0. The van der Waals surface area contributed by atoms with E-state index >= 15 is 0 Å². The third-order valence-corrected chi connectivity index (χ3v) is 2.44. The summed E-state index contributed by atoms with van der Waals surface area (Å²) in [6.07, 6.45) is 0. The van der Waals surface area contributed by atoms with Gasteiger partial charge in [-0.2, -0.15) is 0 Å². The lowest BCUT2D eigenvalue weighted by molar-refractivity contribution is 0.0528. The van der Waals surface area contributed by atoms with E-state index in [9.17, 15) is 9.59 Å². The molecule has 0 N–H and O–H groups in total. The molecule has 0 spiro atoms. The Kier molecular flexibility index (Phi) is 3.32. The van der Waals surface area contributed by atoms with Crippen molar-refractivity contribution in [1.82, 2.24) is 0 Å². The average molecular weight is 248 g/mol. The Hall–Kier alpha value is -2.30. The number of carbonyl (C=O) groups excluding carboxylic acids is 1. The number of rotatable bonds is 3. The van der Waals surface area contributed by atoms with Gasteiger partial charge in [0.15, 0.2) is 0 Å². The summed E-state index contributed by atoms with van der Waals surface area (Å²) in [7, 11) is 1.52. The molecule has 0 fully saturated rings. The molecule has 5 heteroatoms. The second kappa shape index (κ2) is 4.91. The standard InChI is InChI=1S/C13H12O5/c1-3-17-13(15)10-7-12(14)18-11-5-4-8(16-2)6-9(10)11/h4-7H,3H2,1-2H3. The molecule has 0 radical (unpaired) electrons. The van der Waals surface area contributed by atoms with Crippen molar-refractivity contribution < 1.29 is 18.7 Å². The highest BCUT2D eigenvalue weighted by Crippen LogP contribution is 2.23. The van der Waals surface area contributed by atoms with Gasteiger partial charge in [0.05, 0.1) is 19.3 Å². The summed E-state index contributed by atoms with van der Waals surface area (Å²) in [6, 6.07) is 5.99. The molecule has 0 bridgehead atoms. The van der Waals surface area contributed by atoms with E-state index < -0.39 is 11.6 Å². The van der Waals surface area contributed by atoms with Gasteiger partial charge in [0.1, 0.15) is 11.3 Å². The lowest BCUT2D eigenvalue weighted by Crippen LogP contribution is -2.10.